The summed E-state index contributed by atoms with van der Waals surface area (Å²) in [4.78, 5) is 0. The Labute approximate surface area is 256 Å². The SMILES string of the molecule is CC(O)(CCCc1ccccc1)[C@H]1[C@H](NCc2ccc(Br)cc2)C[C@H]2[C@@H]3CC=C4C[C@@H](O)CC[C@]4(C)[C@H]3CC[C@]12C. The summed E-state index contributed by atoms with van der Waals surface area (Å²) >= 11 is 3.58. The summed E-state index contributed by atoms with van der Waals surface area (Å²) in [6, 6.07) is 19.7. The molecule has 3 N–H and O–H groups in total. The van der Waals surface area contributed by atoms with Gasteiger partial charge in [0.05, 0.1) is 11.7 Å². The number of hydrogen-bond acceptors (Lipinski definition) is 3. The average molecular weight is 621 g/mol. The molecule has 6 rings (SSSR count). The first kappa shape index (κ1) is 29.6. The van der Waals surface area contributed by atoms with Crippen LogP contribution in [0.15, 0.2) is 70.7 Å². The van der Waals surface area contributed by atoms with Crippen LogP contribution in [-0.4, -0.2) is 28.0 Å². The third kappa shape index (κ3) is 5.64. The summed E-state index contributed by atoms with van der Waals surface area (Å²) in [5.41, 5.74) is 3.82. The molecule has 0 amide bonds. The van der Waals surface area contributed by atoms with Gasteiger partial charge in [-0.05, 0) is 123 Å². The van der Waals surface area contributed by atoms with Crippen molar-refractivity contribution in [3.8, 4) is 0 Å². The van der Waals surface area contributed by atoms with Crippen LogP contribution in [0.25, 0.3) is 0 Å². The highest BCUT2D eigenvalue weighted by Crippen LogP contribution is 2.67. The Morgan fingerprint density at radius 2 is 1.73 bits per heavy atom. The van der Waals surface area contributed by atoms with Crippen molar-refractivity contribution in [3.63, 3.8) is 0 Å². The lowest BCUT2D eigenvalue weighted by Gasteiger charge is -2.59. The maximum atomic E-state index is 12.4. The summed E-state index contributed by atoms with van der Waals surface area (Å²) in [6.45, 7) is 8.04. The van der Waals surface area contributed by atoms with E-state index in [1.807, 2.05) is 0 Å². The lowest BCUT2D eigenvalue weighted by atomic mass is 9.46. The second-order valence-corrected chi connectivity index (χ2v) is 15.6. The van der Waals surface area contributed by atoms with Crippen LogP contribution in [0.4, 0.5) is 0 Å². The van der Waals surface area contributed by atoms with Crippen molar-refractivity contribution in [1.82, 2.24) is 5.32 Å². The smallest absolute Gasteiger partial charge is 0.0668 e. The zero-order valence-electron chi connectivity index (χ0n) is 25.3. The van der Waals surface area contributed by atoms with E-state index < -0.39 is 5.60 Å². The summed E-state index contributed by atoms with van der Waals surface area (Å²) in [7, 11) is 0. The molecule has 1 unspecified atom stereocenters. The van der Waals surface area contributed by atoms with Crippen LogP contribution >= 0.6 is 15.9 Å². The van der Waals surface area contributed by atoms with E-state index in [-0.39, 0.29) is 22.9 Å². The molecule has 0 aromatic heterocycles. The summed E-state index contributed by atoms with van der Waals surface area (Å²) < 4.78 is 1.11. The van der Waals surface area contributed by atoms with Crippen molar-refractivity contribution < 1.29 is 10.2 Å². The number of halogens is 1. The molecule has 3 fully saturated rings. The van der Waals surface area contributed by atoms with Crippen LogP contribution in [0.1, 0.15) is 89.7 Å². The van der Waals surface area contributed by atoms with Gasteiger partial charge in [0.2, 0.25) is 0 Å². The van der Waals surface area contributed by atoms with E-state index in [2.05, 4.69) is 103 Å². The van der Waals surface area contributed by atoms with E-state index in [1.54, 1.807) is 0 Å². The third-order valence-electron chi connectivity index (χ3n) is 12.3. The number of hydrogen-bond donors (Lipinski definition) is 3. The molecule has 0 heterocycles. The highest BCUT2D eigenvalue weighted by atomic mass is 79.9. The molecule has 4 aliphatic carbocycles. The minimum atomic E-state index is -0.725. The highest BCUT2D eigenvalue weighted by Gasteiger charge is 2.64. The maximum Gasteiger partial charge on any atom is 0.0668 e. The van der Waals surface area contributed by atoms with Crippen LogP contribution in [0.3, 0.4) is 0 Å². The number of aliphatic hydroxyl groups excluding tert-OH is 1. The number of aliphatic hydroxyl groups is 2. The molecule has 222 valence electrons. The van der Waals surface area contributed by atoms with Crippen LogP contribution in [-0.2, 0) is 13.0 Å². The molecule has 2 aromatic carbocycles. The molecule has 2 aromatic rings. The number of rotatable bonds is 8. The lowest BCUT2D eigenvalue weighted by molar-refractivity contribution is -0.109. The number of nitrogens with one attached hydrogen (secondary N) is 1. The topological polar surface area (TPSA) is 52.5 Å². The molecule has 4 aliphatic rings. The predicted molar refractivity (Wildman–Crippen MR) is 171 cm³/mol. The quantitative estimate of drug-likeness (QED) is 0.261. The number of fused-ring (bicyclic) bond motifs is 5. The van der Waals surface area contributed by atoms with E-state index in [0.717, 1.165) is 62.4 Å². The number of benzene rings is 2. The van der Waals surface area contributed by atoms with E-state index in [1.165, 1.54) is 29.5 Å². The minimum absolute atomic E-state index is 0.116. The summed E-state index contributed by atoms with van der Waals surface area (Å²) in [5, 5.41) is 26.8. The van der Waals surface area contributed by atoms with Gasteiger partial charge in [-0.3, -0.25) is 0 Å². The monoisotopic (exact) mass is 619 g/mol. The maximum absolute atomic E-state index is 12.4. The standard InChI is InChI=1S/C37H50BrNO2/c1-35-20-17-29(40)22-27(35)13-16-30-31(35)18-21-36(2)32(30)23-33(39-24-26-11-14-28(38)15-12-26)34(36)37(3,41)19-7-10-25-8-5-4-6-9-25/h4-6,8-9,11-15,29-34,39-41H,7,10,16-24H2,1-3H3/t29-,30+,31-,32-,33+,34-,35-,36-,37?/m0/s1. The highest BCUT2D eigenvalue weighted by molar-refractivity contribution is 9.10. The molecular formula is C37H50BrNO2. The van der Waals surface area contributed by atoms with Gasteiger partial charge >= 0.3 is 0 Å². The Balaban J connectivity index is 1.26. The molecule has 0 aliphatic heterocycles. The van der Waals surface area contributed by atoms with E-state index in [4.69, 9.17) is 0 Å². The van der Waals surface area contributed by atoms with Crippen molar-refractivity contribution >= 4 is 15.9 Å². The van der Waals surface area contributed by atoms with Gasteiger partial charge in [0, 0.05) is 23.0 Å². The molecule has 41 heavy (non-hydrogen) atoms. The normalized spacial score (nSPS) is 37.9. The van der Waals surface area contributed by atoms with E-state index in [9.17, 15) is 10.2 Å². The largest absolute Gasteiger partial charge is 0.393 e. The Morgan fingerprint density at radius 1 is 0.976 bits per heavy atom. The Morgan fingerprint density at radius 3 is 2.49 bits per heavy atom. The zero-order valence-corrected chi connectivity index (χ0v) is 26.9. The second-order valence-electron chi connectivity index (χ2n) is 14.7. The van der Waals surface area contributed by atoms with Crippen molar-refractivity contribution in [2.75, 3.05) is 0 Å². The fraction of sp³-hybridized carbons (Fsp3) is 0.622. The van der Waals surface area contributed by atoms with Crippen LogP contribution < -0.4 is 5.32 Å². The first-order valence-electron chi connectivity index (χ1n) is 16.2. The second kappa shape index (κ2) is 11.6. The van der Waals surface area contributed by atoms with Crippen LogP contribution in [0, 0.1) is 34.5 Å². The fourth-order valence-electron chi connectivity index (χ4n) is 10.3. The molecule has 3 nitrogen and oxygen atoms in total. The van der Waals surface area contributed by atoms with Gasteiger partial charge in [0.15, 0.2) is 0 Å². The summed E-state index contributed by atoms with van der Waals surface area (Å²) in [5.74, 6) is 2.19. The van der Waals surface area contributed by atoms with Gasteiger partial charge in [0.25, 0.3) is 0 Å². The molecule has 9 atom stereocenters. The first-order chi connectivity index (χ1) is 19.6. The van der Waals surface area contributed by atoms with E-state index in [0.29, 0.717) is 23.8 Å². The Bertz CT molecular complexity index is 1230. The van der Waals surface area contributed by atoms with Crippen molar-refractivity contribution in [3.05, 3.63) is 81.8 Å². The Hall–Kier alpha value is -1.46. The van der Waals surface area contributed by atoms with Crippen molar-refractivity contribution in [2.24, 2.45) is 34.5 Å². The van der Waals surface area contributed by atoms with E-state index >= 15 is 0 Å². The predicted octanol–water partition coefficient (Wildman–Crippen LogP) is 8.23. The lowest BCUT2D eigenvalue weighted by Crippen LogP contribution is -2.55. The van der Waals surface area contributed by atoms with Crippen molar-refractivity contribution in [2.45, 2.75) is 109 Å². The fourth-order valence-corrected chi connectivity index (χ4v) is 10.6. The van der Waals surface area contributed by atoms with Gasteiger partial charge in [-0.2, -0.15) is 0 Å². The molecule has 4 heteroatoms. The van der Waals surface area contributed by atoms with Crippen molar-refractivity contribution in [1.29, 1.82) is 0 Å². The first-order valence-corrected chi connectivity index (χ1v) is 17.0. The van der Waals surface area contributed by atoms with Gasteiger partial charge in [-0.25, -0.2) is 0 Å². The zero-order chi connectivity index (χ0) is 28.8. The molecule has 0 saturated heterocycles. The van der Waals surface area contributed by atoms with Crippen LogP contribution in [0.5, 0.6) is 0 Å². The van der Waals surface area contributed by atoms with Crippen LogP contribution in [0.2, 0.25) is 0 Å². The van der Waals surface area contributed by atoms with Gasteiger partial charge in [-0.15, -0.1) is 0 Å². The van der Waals surface area contributed by atoms with Gasteiger partial charge in [-0.1, -0.05) is 83.9 Å². The average Bonchev–Trinajstić information content (AvgIpc) is 3.27. The van der Waals surface area contributed by atoms with Gasteiger partial charge in [0.1, 0.15) is 0 Å². The minimum Gasteiger partial charge on any atom is -0.393 e. The third-order valence-corrected chi connectivity index (χ3v) is 12.8. The molecule has 0 spiro atoms. The molecule has 0 radical (unpaired) electrons. The van der Waals surface area contributed by atoms with Gasteiger partial charge < -0.3 is 15.5 Å². The molecule has 0 bridgehead atoms. The number of allylic oxidation sites excluding steroid dienone is 1. The summed E-state index contributed by atoms with van der Waals surface area (Å²) in [6.07, 6.45) is 12.9. The number of aryl methyl sites for hydroxylation is 1. The Kier molecular flexibility index (Phi) is 8.35. The molecular weight excluding hydrogens is 570 g/mol. The molecule has 3 saturated carbocycles.